The lowest BCUT2D eigenvalue weighted by atomic mass is 10.2. The summed E-state index contributed by atoms with van der Waals surface area (Å²) < 4.78 is 9.62. The lowest BCUT2D eigenvalue weighted by Crippen LogP contribution is -2.28. The van der Waals surface area contributed by atoms with Gasteiger partial charge in [-0.1, -0.05) is 18.2 Å². The molecule has 1 aliphatic carbocycles. The highest BCUT2D eigenvalue weighted by molar-refractivity contribution is 7.97. The van der Waals surface area contributed by atoms with Gasteiger partial charge in [0.15, 0.2) is 0 Å². The van der Waals surface area contributed by atoms with Crippen molar-refractivity contribution in [2.24, 2.45) is 0 Å². The largest absolute Gasteiger partial charge is 0.490 e. The molecule has 2 aromatic rings. The standard InChI is InChI=1S/C23H27N3OS/c24-15-19-4-3-7-23(14-19)28-25-20-12-13-26(17-20)16-18-8-10-22(11-9-18)27-21-5-1-2-6-21/h3-4,7-11,14,20-21,25H,1-2,5-6,12-13,16-17H2. The first-order valence-electron chi connectivity index (χ1n) is 10.2. The molecule has 0 bridgehead atoms. The summed E-state index contributed by atoms with van der Waals surface area (Å²) in [5.74, 6) is 1.01. The van der Waals surface area contributed by atoms with Crippen molar-refractivity contribution in [3.63, 3.8) is 0 Å². The zero-order valence-corrected chi connectivity index (χ0v) is 17.0. The van der Waals surface area contributed by atoms with Gasteiger partial charge in [0, 0.05) is 30.6 Å². The molecule has 5 heteroatoms. The Bertz CT molecular complexity index is 811. The molecular formula is C23H27N3OS. The molecule has 1 aliphatic heterocycles. The SMILES string of the molecule is N#Cc1cccc(SNC2CCN(Cc3ccc(OC4CCCC4)cc3)C2)c1. The van der Waals surface area contributed by atoms with Gasteiger partial charge in [0.1, 0.15) is 5.75 Å². The molecule has 28 heavy (non-hydrogen) atoms. The predicted molar refractivity (Wildman–Crippen MR) is 113 cm³/mol. The Labute approximate surface area is 172 Å². The molecule has 4 nitrogen and oxygen atoms in total. The Balaban J connectivity index is 1.22. The fourth-order valence-corrected chi connectivity index (χ4v) is 4.81. The summed E-state index contributed by atoms with van der Waals surface area (Å²) in [5, 5.41) is 9.01. The maximum Gasteiger partial charge on any atom is 0.119 e. The van der Waals surface area contributed by atoms with Gasteiger partial charge >= 0.3 is 0 Å². The van der Waals surface area contributed by atoms with E-state index >= 15 is 0 Å². The quantitative estimate of drug-likeness (QED) is 0.688. The topological polar surface area (TPSA) is 48.3 Å². The van der Waals surface area contributed by atoms with Gasteiger partial charge in [-0.15, -0.1) is 0 Å². The first kappa shape index (κ1) is 19.3. The van der Waals surface area contributed by atoms with Crippen molar-refractivity contribution < 1.29 is 4.74 Å². The van der Waals surface area contributed by atoms with Crippen LogP contribution in [0.3, 0.4) is 0 Å². The van der Waals surface area contributed by atoms with E-state index in [0.29, 0.717) is 17.7 Å². The highest BCUT2D eigenvalue weighted by atomic mass is 32.2. The maximum absolute atomic E-state index is 9.01. The molecule has 2 fully saturated rings. The number of benzene rings is 2. The van der Waals surface area contributed by atoms with Gasteiger partial charge in [-0.2, -0.15) is 5.26 Å². The van der Waals surface area contributed by atoms with E-state index in [1.54, 1.807) is 11.9 Å². The molecule has 0 radical (unpaired) electrons. The van der Waals surface area contributed by atoms with Gasteiger partial charge < -0.3 is 4.74 Å². The van der Waals surface area contributed by atoms with Gasteiger partial charge in [-0.3, -0.25) is 9.62 Å². The van der Waals surface area contributed by atoms with Crippen LogP contribution in [0.25, 0.3) is 0 Å². The number of ether oxygens (including phenoxy) is 1. The van der Waals surface area contributed by atoms with Crippen molar-refractivity contribution in [2.75, 3.05) is 13.1 Å². The van der Waals surface area contributed by atoms with E-state index in [1.807, 2.05) is 24.3 Å². The Kier molecular flexibility index (Phi) is 6.53. The number of nitriles is 1. The number of hydrogen-bond donors (Lipinski definition) is 1. The van der Waals surface area contributed by atoms with Crippen LogP contribution in [0, 0.1) is 11.3 Å². The van der Waals surface area contributed by atoms with E-state index in [4.69, 9.17) is 10.00 Å². The Morgan fingerprint density at radius 1 is 1.11 bits per heavy atom. The van der Waals surface area contributed by atoms with Crippen molar-refractivity contribution in [1.29, 1.82) is 5.26 Å². The third kappa shape index (κ3) is 5.29. The Hall–Kier alpha value is -2.00. The van der Waals surface area contributed by atoms with Gasteiger partial charge in [-0.25, -0.2) is 0 Å². The molecule has 4 rings (SSSR count). The predicted octanol–water partition coefficient (Wildman–Crippen LogP) is 4.75. The smallest absolute Gasteiger partial charge is 0.119 e. The first-order valence-corrected chi connectivity index (χ1v) is 11.0. The second-order valence-corrected chi connectivity index (χ2v) is 8.66. The van der Waals surface area contributed by atoms with Crippen LogP contribution in [-0.4, -0.2) is 30.1 Å². The van der Waals surface area contributed by atoms with E-state index in [1.165, 1.54) is 31.2 Å². The molecule has 1 saturated carbocycles. The first-order chi connectivity index (χ1) is 13.8. The van der Waals surface area contributed by atoms with E-state index in [-0.39, 0.29) is 0 Å². The number of nitrogens with zero attached hydrogens (tertiary/aromatic N) is 2. The molecule has 0 amide bonds. The Morgan fingerprint density at radius 2 is 1.93 bits per heavy atom. The van der Waals surface area contributed by atoms with Gasteiger partial charge in [0.25, 0.3) is 0 Å². The fraction of sp³-hybridized carbons (Fsp3) is 0.435. The summed E-state index contributed by atoms with van der Waals surface area (Å²) in [6, 6.07) is 19.1. The average Bonchev–Trinajstić information content (AvgIpc) is 3.40. The number of rotatable bonds is 7. The van der Waals surface area contributed by atoms with Gasteiger partial charge in [0.05, 0.1) is 17.7 Å². The van der Waals surface area contributed by atoms with Gasteiger partial charge in [-0.05, 0) is 79.9 Å². The van der Waals surface area contributed by atoms with Crippen molar-refractivity contribution in [3.05, 3.63) is 59.7 Å². The third-order valence-electron chi connectivity index (χ3n) is 5.51. The zero-order valence-electron chi connectivity index (χ0n) is 16.1. The van der Waals surface area contributed by atoms with E-state index in [0.717, 1.165) is 36.7 Å². The lowest BCUT2D eigenvalue weighted by Gasteiger charge is -2.17. The summed E-state index contributed by atoms with van der Waals surface area (Å²) in [7, 11) is 0. The molecular weight excluding hydrogens is 366 g/mol. The summed E-state index contributed by atoms with van der Waals surface area (Å²) in [6.45, 7) is 3.14. The third-order valence-corrected chi connectivity index (χ3v) is 6.45. The highest BCUT2D eigenvalue weighted by Gasteiger charge is 2.22. The molecule has 2 aromatic carbocycles. The van der Waals surface area contributed by atoms with Crippen molar-refractivity contribution >= 4 is 11.9 Å². The molecule has 1 saturated heterocycles. The average molecular weight is 394 g/mol. The molecule has 0 aromatic heterocycles. The molecule has 1 atom stereocenters. The second-order valence-electron chi connectivity index (χ2n) is 7.75. The second kappa shape index (κ2) is 9.47. The van der Waals surface area contributed by atoms with E-state index in [9.17, 15) is 0 Å². The molecule has 146 valence electrons. The molecule has 0 spiro atoms. The monoisotopic (exact) mass is 393 g/mol. The summed E-state index contributed by atoms with van der Waals surface area (Å²) >= 11 is 1.63. The lowest BCUT2D eigenvalue weighted by molar-refractivity contribution is 0.210. The van der Waals surface area contributed by atoms with Crippen LogP contribution in [0.5, 0.6) is 5.75 Å². The number of nitrogens with one attached hydrogen (secondary N) is 1. The summed E-state index contributed by atoms with van der Waals surface area (Å²) in [6.07, 6.45) is 6.56. The molecule has 2 aliphatic rings. The van der Waals surface area contributed by atoms with E-state index in [2.05, 4.69) is 40.0 Å². The number of likely N-dealkylation sites (tertiary alicyclic amines) is 1. The highest BCUT2D eigenvalue weighted by Crippen LogP contribution is 2.25. The van der Waals surface area contributed by atoms with Crippen LogP contribution in [0.15, 0.2) is 53.4 Å². The summed E-state index contributed by atoms with van der Waals surface area (Å²) in [5.41, 5.74) is 2.05. The number of hydrogen-bond acceptors (Lipinski definition) is 5. The van der Waals surface area contributed by atoms with Crippen LogP contribution in [0.1, 0.15) is 43.2 Å². The van der Waals surface area contributed by atoms with Crippen molar-refractivity contribution in [3.8, 4) is 11.8 Å². The van der Waals surface area contributed by atoms with Gasteiger partial charge in [0.2, 0.25) is 0 Å². The van der Waals surface area contributed by atoms with Crippen LogP contribution in [0.2, 0.25) is 0 Å². The van der Waals surface area contributed by atoms with Crippen molar-refractivity contribution in [1.82, 2.24) is 9.62 Å². The van der Waals surface area contributed by atoms with Crippen LogP contribution in [0.4, 0.5) is 0 Å². The molecule has 1 unspecified atom stereocenters. The minimum absolute atomic E-state index is 0.419. The zero-order chi connectivity index (χ0) is 19.2. The minimum Gasteiger partial charge on any atom is -0.490 e. The van der Waals surface area contributed by atoms with Crippen LogP contribution in [-0.2, 0) is 6.54 Å². The molecule has 1 N–H and O–H groups in total. The molecule has 1 heterocycles. The normalized spacial score (nSPS) is 20.3. The fourth-order valence-electron chi connectivity index (χ4n) is 3.98. The van der Waals surface area contributed by atoms with E-state index < -0.39 is 0 Å². The van der Waals surface area contributed by atoms with Crippen LogP contribution >= 0.6 is 11.9 Å². The summed E-state index contributed by atoms with van der Waals surface area (Å²) in [4.78, 5) is 3.59. The Morgan fingerprint density at radius 3 is 2.71 bits per heavy atom. The van der Waals surface area contributed by atoms with Crippen molar-refractivity contribution in [2.45, 2.75) is 55.7 Å². The minimum atomic E-state index is 0.419. The van der Waals surface area contributed by atoms with Crippen LogP contribution < -0.4 is 9.46 Å². The maximum atomic E-state index is 9.01.